The lowest BCUT2D eigenvalue weighted by atomic mass is 10.1. The Balaban J connectivity index is 1.77. The van der Waals surface area contributed by atoms with Gasteiger partial charge in [0.25, 0.3) is 0 Å². The van der Waals surface area contributed by atoms with Crippen LogP contribution in [0.2, 0.25) is 0 Å². The van der Waals surface area contributed by atoms with Gasteiger partial charge in [0.05, 0.1) is 13.2 Å². The molecule has 2 fully saturated rings. The summed E-state index contributed by atoms with van der Waals surface area (Å²) < 4.78 is 31.5. The van der Waals surface area contributed by atoms with Gasteiger partial charge < -0.3 is 4.74 Å². The fourth-order valence-electron chi connectivity index (χ4n) is 2.75. The number of benzene rings is 1. The predicted octanol–water partition coefficient (Wildman–Crippen LogP) is 0.217. The highest BCUT2D eigenvalue weighted by Crippen LogP contribution is 2.31. The van der Waals surface area contributed by atoms with Crippen LogP contribution in [0.15, 0.2) is 29.2 Å². The molecular weight excluding hydrogens is 308 g/mol. The lowest BCUT2D eigenvalue weighted by Gasteiger charge is -2.41. The number of hydrogen-bond acceptors (Lipinski definition) is 5. The molecule has 2 heterocycles. The van der Waals surface area contributed by atoms with E-state index in [9.17, 15) is 18.0 Å². The van der Waals surface area contributed by atoms with Crippen LogP contribution < -0.4 is 4.74 Å². The molecule has 1 aromatic carbocycles. The van der Waals surface area contributed by atoms with Crippen LogP contribution in [0.25, 0.3) is 0 Å². The Morgan fingerprint density at radius 1 is 1.09 bits per heavy atom. The van der Waals surface area contributed by atoms with Gasteiger partial charge in [0, 0.05) is 25.9 Å². The van der Waals surface area contributed by atoms with Crippen molar-refractivity contribution < 1.29 is 22.7 Å². The van der Waals surface area contributed by atoms with E-state index in [4.69, 9.17) is 4.74 Å². The third-order valence-electron chi connectivity index (χ3n) is 3.97. The first kappa shape index (κ1) is 15.0. The quantitative estimate of drug-likeness (QED) is 0.740. The molecule has 2 aliphatic rings. The maximum atomic E-state index is 12.6. The van der Waals surface area contributed by atoms with Gasteiger partial charge in [-0.1, -0.05) is 12.1 Å². The number of nitrogens with zero attached hydrogens (tertiary/aromatic N) is 2. The summed E-state index contributed by atoms with van der Waals surface area (Å²) in [6, 6.07) is 6.02. The molecule has 0 saturated carbocycles. The molecule has 2 aliphatic heterocycles. The van der Waals surface area contributed by atoms with Gasteiger partial charge in [-0.05, 0) is 12.1 Å². The van der Waals surface area contributed by atoms with E-state index in [0.717, 1.165) is 0 Å². The first-order chi connectivity index (χ1) is 10.4. The van der Waals surface area contributed by atoms with Crippen LogP contribution >= 0.6 is 0 Å². The summed E-state index contributed by atoms with van der Waals surface area (Å²) in [4.78, 5) is 24.6. The van der Waals surface area contributed by atoms with Gasteiger partial charge in [0.1, 0.15) is 10.6 Å². The molecular formula is C14H16N2O5S. The van der Waals surface area contributed by atoms with Gasteiger partial charge in [-0.2, -0.15) is 4.31 Å². The molecule has 7 nitrogen and oxygen atoms in total. The molecule has 1 aromatic rings. The topological polar surface area (TPSA) is 84.0 Å². The van der Waals surface area contributed by atoms with Crippen LogP contribution in [0, 0.1) is 0 Å². The molecule has 0 aliphatic carbocycles. The number of amides is 2. The Morgan fingerprint density at radius 2 is 1.68 bits per heavy atom. The minimum absolute atomic E-state index is 0.0926. The largest absolute Gasteiger partial charge is 0.495 e. The molecule has 0 unspecified atom stereocenters. The highest BCUT2D eigenvalue weighted by Gasteiger charge is 2.45. The fourth-order valence-corrected chi connectivity index (χ4v) is 4.42. The van der Waals surface area contributed by atoms with Crippen LogP contribution in [0.4, 0.5) is 0 Å². The van der Waals surface area contributed by atoms with Crippen molar-refractivity contribution >= 4 is 21.8 Å². The molecule has 2 amide bonds. The van der Waals surface area contributed by atoms with Gasteiger partial charge in [0.15, 0.2) is 0 Å². The second kappa shape index (κ2) is 5.36. The molecule has 118 valence electrons. The van der Waals surface area contributed by atoms with Crippen molar-refractivity contribution in [2.24, 2.45) is 0 Å². The summed E-state index contributed by atoms with van der Waals surface area (Å²) in [5.74, 6) is -0.159. The summed E-state index contributed by atoms with van der Waals surface area (Å²) >= 11 is 0. The van der Waals surface area contributed by atoms with Crippen molar-refractivity contribution in [3.8, 4) is 5.75 Å². The Kier molecular flexibility index (Phi) is 3.65. The smallest absolute Gasteiger partial charge is 0.246 e. The van der Waals surface area contributed by atoms with E-state index in [0.29, 0.717) is 0 Å². The predicted molar refractivity (Wildman–Crippen MR) is 76.6 cm³/mol. The Labute approximate surface area is 128 Å². The number of carbonyl (C=O) groups excluding carboxylic acids is 2. The number of sulfonamides is 1. The molecule has 2 saturated heterocycles. The number of hydrogen-bond donors (Lipinski definition) is 0. The van der Waals surface area contributed by atoms with Crippen molar-refractivity contribution in [2.75, 3.05) is 20.2 Å². The highest BCUT2D eigenvalue weighted by molar-refractivity contribution is 7.89. The van der Waals surface area contributed by atoms with Crippen molar-refractivity contribution in [3.63, 3.8) is 0 Å². The number of para-hydroxylation sites is 1. The highest BCUT2D eigenvalue weighted by atomic mass is 32.2. The lowest BCUT2D eigenvalue weighted by Crippen LogP contribution is -2.62. The molecule has 22 heavy (non-hydrogen) atoms. The molecule has 0 radical (unpaired) electrons. The van der Waals surface area contributed by atoms with E-state index in [1.807, 2.05) is 0 Å². The van der Waals surface area contributed by atoms with E-state index in [-0.39, 0.29) is 54.4 Å². The molecule has 0 N–H and O–H groups in total. The van der Waals surface area contributed by atoms with Crippen LogP contribution in [0.5, 0.6) is 5.75 Å². The summed E-state index contributed by atoms with van der Waals surface area (Å²) in [6.45, 7) is 0.274. The van der Waals surface area contributed by atoms with E-state index in [1.54, 1.807) is 18.2 Å². The fraction of sp³-hybridized carbons (Fsp3) is 0.429. The average Bonchev–Trinajstić information content (AvgIpc) is 2.77. The van der Waals surface area contributed by atoms with Crippen LogP contribution in [-0.2, 0) is 19.6 Å². The second-order valence-corrected chi connectivity index (χ2v) is 7.19. The molecule has 0 aromatic heterocycles. The number of methoxy groups -OCH3 is 1. The number of likely N-dealkylation sites (tertiary alicyclic amines) is 1. The molecule has 8 heteroatoms. The van der Waals surface area contributed by atoms with E-state index < -0.39 is 10.0 Å². The zero-order chi connectivity index (χ0) is 15.9. The zero-order valence-electron chi connectivity index (χ0n) is 12.1. The minimum Gasteiger partial charge on any atom is -0.495 e. The lowest BCUT2D eigenvalue weighted by molar-refractivity contribution is -0.143. The Hall–Kier alpha value is -1.93. The molecule has 0 bridgehead atoms. The van der Waals surface area contributed by atoms with Crippen molar-refractivity contribution in [3.05, 3.63) is 24.3 Å². The number of carbonyl (C=O) groups is 2. The summed E-state index contributed by atoms with van der Waals surface area (Å²) in [6.07, 6.45) is 0.434. The number of imide groups is 1. The molecule has 0 spiro atoms. The average molecular weight is 324 g/mol. The zero-order valence-corrected chi connectivity index (χ0v) is 12.9. The third kappa shape index (κ3) is 2.28. The van der Waals surface area contributed by atoms with Gasteiger partial charge in [0.2, 0.25) is 21.8 Å². The second-order valence-electron chi connectivity index (χ2n) is 5.28. The van der Waals surface area contributed by atoms with Crippen molar-refractivity contribution in [1.29, 1.82) is 0 Å². The maximum Gasteiger partial charge on any atom is 0.246 e. The number of rotatable bonds is 4. The van der Waals surface area contributed by atoms with E-state index in [1.165, 1.54) is 22.4 Å². The summed E-state index contributed by atoms with van der Waals surface area (Å²) in [7, 11) is -2.27. The first-order valence-electron chi connectivity index (χ1n) is 6.93. The van der Waals surface area contributed by atoms with Crippen molar-refractivity contribution in [1.82, 2.24) is 9.21 Å². The maximum absolute atomic E-state index is 12.6. The first-order valence-corrected chi connectivity index (χ1v) is 8.37. The monoisotopic (exact) mass is 324 g/mol. The van der Waals surface area contributed by atoms with Crippen LogP contribution in [0.3, 0.4) is 0 Å². The van der Waals surface area contributed by atoms with Crippen LogP contribution in [-0.4, -0.2) is 55.7 Å². The standard InChI is InChI=1S/C14H16N2O5S/c1-21-11-4-2-3-5-12(11)22(19,20)15-8-10(9-15)16-13(17)6-7-14(16)18/h2-5,10H,6-9H2,1H3. The molecule has 0 atom stereocenters. The van der Waals surface area contributed by atoms with Gasteiger partial charge >= 0.3 is 0 Å². The van der Waals surface area contributed by atoms with E-state index >= 15 is 0 Å². The van der Waals surface area contributed by atoms with Gasteiger partial charge in [-0.15, -0.1) is 0 Å². The molecule has 3 rings (SSSR count). The summed E-state index contributed by atoms with van der Waals surface area (Å²) in [5.41, 5.74) is 0. The minimum atomic E-state index is -3.68. The Bertz CT molecular complexity index is 709. The van der Waals surface area contributed by atoms with Gasteiger partial charge in [-0.3, -0.25) is 14.5 Å². The number of ether oxygens (including phenoxy) is 1. The SMILES string of the molecule is COc1ccccc1S(=O)(=O)N1CC(N2C(=O)CCC2=O)C1. The normalized spacial score (nSPS) is 20.3. The summed E-state index contributed by atoms with van der Waals surface area (Å²) in [5, 5.41) is 0. The van der Waals surface area contributed by atoms with E-state index in [2.05, 4.69) is 0 Å². The third-order valence-corrected chi connectivity index (χ3v) is 5.84. The van der Waals surface area contributed by atoms with Crippen molar-refractivity contribution in [2.45, 2.75) is 23.8 Å². The Morgan fingerprint density at radius 3 is 2.27 bits per heavy atom. The van der Waals surface area contributed by atoms with Gasteiger partial charge in [-0.25, -0.2) is 8.42 Å². The van der Waals surface area contributed by atoms with Crippen LogP contribution in [0.1, 0.15) is 12.8 Å².